The lowest BCUT2D eigenvalue weighted by Crippen LogP contribution is -2.32. The molecule has 0 spiro atoms. The number of aliphatic hydroxyl groups is 1. The zero-order chi connectivity index (χ0) is 21.0. The highest BCUT2D eigenvalue weighted by Crippen LogP contribution is 2.40. The van der Waals surface area contributed by atoms with Crippen molar-refractivity contribution in [3.05, 3.63) is 69.7 Å². The molecule has 1 aliphatic heterocycles. The number of aliphatic hydroxyl groups excluding tert-OH is 1. The fourth-order valence-corrected chi connectivity index (χ4v) is 3.77. The van der Waals surface area contributed by atoms with Crippen molar-refractivity contribution in [3.8, 4) is 5.75 Å². The second kappa shape index (κ2) is 9.24. The monoisotopic (exact) mass is 459 g/mol. The second-order valence-corrected chi connectivity index (χ2v) is 7.41. The zero-order valence-corrected chi connectivity index (χ0v) is 17.8. The van der Waals surface area contributed by atoms with E-state index in [-0.39, 0.29) is 24.5 Å². The van der Waals surface area contributed by atoms with E-state index < -0.39 is 17.7 Å². The molecule has 2 aromatic rings. The molecule has 1 heterocycles. The van der Waals surface area contributed by atoms with Gasteiger partial charge in [0, 0.05) is 23.7 Å². The van der Waals surface area contributed by atoms with Gasteiger partial charge in [-0.3, -0.25) is 9.59 Å². The number of carbonyl (C=O) groups is 2. The molecule has 1 amide bonds. The van der Waals surface area contributed by atoms with Gasteiger partial charge in [0.05, 0.1) is 24.8 Å². The molecule has 0 aliphatic carbocycles. The summed E-state index contributed by atoms with van der Waals surface area (Å²) < 4.78 is 11.3. The molecule has 0 saturated carbocycles. The minimum absolute atomic E-state index is 0.0633. The fourth-order valence-electron chi connectivity index (χ4n) is 3.35. The van der Waals surface area contributed by atoms with Crippen LogP contribution in [0.2, 0.25) is 0 Å². The molecule has 2 aromatic carbocycles. The summed E-state index contributed by atoms with van der Waals surface area (Å²) in [5.41, 5.74) is 1.23. The van der Waals surface area contributed by atoms with E-state index in [2.05, 4.69) is 15.9 Å². The largest absolute Gasteiger partial charge is 0.507 e. The van der Waals surface area contributed by atoms with Gasteiger partial charge in [-0.05, 0) is 48.9 Å². The molecule has 6 nitrogen and oxygen atoms in total. The van der Waals surface area contributed by atoms with E-state index in [1.807, 2.05) is 31.2 Å². The van der Waals surface area contributed by atoms with Gasteiger partial charge < -0.3 is 19.5 Å². The highest BCUT2D eigenvalue weighted by Gasteiger charge is 2.45. The van der Waals surface area contributed by atoms with Crippen molar-refractivity contribution in [1.29, 1.82) is 0 Å². The van der Waals surface area contributed by atoms with Crippen LogP contribution >= 0.6 is 15.9 Å². The maximum atomic E-state index is 12.8. The standard InChI is InChI=1S/C22H22BrNO5/c1-3-29-17-9-7-14(8-10-17)20(25)18-19(15-5-4-6-16(23)13-15)24(11-12-28-2)22(27)21(18)26/h4-10,13,19,25H,3,11-12H2,1-2H3/b20-18+/t19-/m1/s1. The Kier molecular flexibility index (Phi) is 6.71. The number of benzene rings is 2. The first-order chi connectivity index (χ1) is 14.0. The molecule has 0 bridgehead atoms. The van der Waals surface area contributed by atoms with E-state index in [0.717, 1.165) is 10.0 Å². The summed E-state index contributed by atoms with van der Waals surface area (Å²) in [5.74, 6) is -0.915. The first-order valence-electron chi connectivity index (χ1n) is 9.24. The van der Waals surface area contributed by atoms with Crippen molar-refractivity contribution < 1.29 is 24.2 Å². The van der Waals surface area contributed by atoms with E-state index in [9.17, 15) is 14.7 Å². The Bertz CT molecular complexity index is 938. The molecular weight excluding hydrogens is 438 g/mol. The van der Waals surface area contributed by atoms with Crippen LogP contribution in [0.25, 0.3) is 5.76 Å². The summed E-state index contributed by atoms with van der Waals surface area (Å²) in [5, 5.41) is 11.0. The van der Waals surface area contributed by atoms with Gasteiger partial charge in [-0.25, -0.2) is 0 Å². The maximum Gasteiger partial charge on any atom is 0.295 e. The van der Waals surface area contributed by atoms with Gasteiger partial charge >= 0.3 is 0 Å². The number of ketones is 1. The topological polar surface area (TPSA) is 76.1 Å². The Morgan fingerprint density at radius 1 is 1.17 bits per heavy atom. The number of amides is 1. The molecule has 7 heteroatoms. The molecule has 1 N–H and O–H groups in total. The van der Waals surface area contributed by atoms with E-state index in [1.54, 1.807) is 24.3 Å². The third-order valence-electron chi connectivity index (χ3n) is 4.68. The van der Waals surface area contributed by atoms with Crippen LogP contribution in [0.15, 0.2) is 58.6 Å². The van der Waals surface area contributed by atoms with Crippen LogP contribution in [0.4, 0.5) is 0 Å². The molecule has 29 heavy (non-hydrogen) atoms. The Labute approximate surface area is 177 Å². The SMILES string of the molecule is CCOc1ccc(/C(O)=C2\C(=O)C(=O)N(CCOC)[C@@H]2c2cccc(Br)c2)cc1. The van der Waals surface area contributed by atoms with Crippen LogP contribution in [0.3, 0.4) is 0 Å². The zero-order valence-electron chi connectivity index (χ0n) is 16.2. The third kappa shape index (κ3) is 4.36. The number of hydrogen-bond donors (Lipinski definition) is 1. The van der Waals surface area contributed by atoms with E-state index >= 15 is 0 Å². The highest BCUT2D eigenvalue weighted by molar-refractivity contribution is 9.10. The van der Waals surface area contributed by atoms with Crippen molar-refractivity contribution in [2.24, 2.45) is 0 Å². The summed E-state index contributed by atoms with van der Waals surface area (Å²) in [6.07, 6.45) is 0. The Balaban J connectivity index is 2.10. The van der Waals surface area contributed by atoms with Gasteiger partial charge in [0.1, 0.15) is 11.5 Å². The van der Waals surface area contributed by atoms with Gasteiger partial charge in [-0.1, -0.05) is 28.1 Å². The van der Waals surface area contributed by atoms with Crippen LogP contribution in [0, 0.1) is 0 Å². The Morgan fingerprint density at radius 2 is 1.90 bits per heavy atom. The number of Topliss-reactive ketones (excluding diaryl/α,β-unsaturated/α-hetero) is 1. The molecular formula is C22H22BrNO5. The van der Waals surface area contributed by atoms with Crippen LogP contribution < -0.4 is 4.74 Å². The number of halogens is 1. The lowest BCUT2D eigenvalue weighted by molar-refractivity contribution is -0.140. The first-order valence-corrected chi connectivity index (χ1v) is 10.0. The van der Waals surface area contributed by atoms with Crippen LogP contribution in [0.5, 0.6) is 5.75 Å². The smallest absolute Gasteiger partial charge is 0.295 e. The van der Waals surface area contributed by atoms with Crippen molar-refractivity contribution in [3.63, 3.8) is 0 Å². The molecule has 0 aromatic heterocycles. The van der Waals surface area contributed by atoms with Crippen molar-refractivity contribution >= 4 is 33.4 Å². The van der Waals surface area contributed by atoms with E-state index in [0.29, 0.717) is 17.9 Å². The lowest BCUT2D eigenvalue weighted by Gasteiger charge is -2.25. The lowest BCUT2D eigenvalue weighted by atomic mass is 9.95. The summed E-state index contributed by atoms with van der Waals surface area (Å²) in [6, 6.07) is 13.4. The molecule has 0 unspecified atom stereocenters. The fraction of sp³-hybridized carbons (Fsp3) is 0.273. The van der Waals surface area contributed by atoms with Gasteiger partial charge in [0.15, 0.2) is 0 Å². The predicted molar refractivity (Wildman–Crippen MR) is 113 cm³/mol. The van der Waals surface area contributed by atoms with Crippen LogP contribution in [0.1, 0.15) is 24.1 Å². The van der Waals surface area contributed by atoms with Crippen molar-refractivity contribution in [2.75, 3.05) is 26.9 Å². The van der Waals surface area contributed by atoms with E-state index in [4.69, 9.17) is 9.47 Å². The quantitative estimate of drug-likeness (QED) is 0.385. The van der Waals surface area contributed by atoms with Crippen molar-refractivity contribution in [2.45, 2.75) is 13.0 Å². The molecule has 1 atom stereocenters. The number of hydrogen-bond acceptors (Lipinski definition) is 5. The normalized spacial score (nSPS) is 18.3. The summed E-state index contributed by atoms with van der Waals surface area (Å²) in [6.45, 7) is 2.92. The van der Waals surface area contributed by atoms with Crippen LogP contribution in [-0.4, -0.2) is 48.6 Å². The molecule has 0 radical (unpaired) electrons. The number of likely N-dealkylation sites (tertiary alicyclic amines) is 1. The maximum absolute atomic E-state index is 12.8. The number of rotatable bonds is 7. The Hall–Kier alpha value is -2.64. The van der Waals surface area contributed by atoms with Gasteiger partial charge in [0.25, 0.3) is 11.7 Å². The van der Waals surface area contributed by atoms with Gasteiger partial charge in [-0.2, -0.15) is 0 Å². The number of methoxy groups -OCH3 is 1. The number of ether oxygens (including phenoxy) is 2. The average Bonchev–Trinajstić information content (AvgIpc) is 2.97. The summed E-state index contributed by atoms with van der Waals surface area (Å²) >= 11 is 3.43. The Morgan fingerprint density at radius 3 is 2.52 bits per heavy atom. The van der Waals surface area contributed by atoms with Gasteiger partial charge in [-0.15, -0.1) is 0 Å². The molecule has 1 fully saturated rings. The first kappa shape index (κ1) is 21.1. The van der Waals surface area contributed by atoms with Crippen LogP contribution in [-0.2, 0) is 14.3 Å². The molecule has 1 aliphatic rings. The summed E-state index contributed by atoms with van der Waals surface area (Å²) in [7, 11) is 1.53. The second-order valence-electron chi connectivity index (χ2n) is 6.50. The minimum Gasteiger partial charge on any atom is -0.507 e. The van der Waals surface area contributed by atoms with Gasteiger partial charge in [0.2, 0.25) is 0 Å². The average molecular weight is 460 g/mol. The highest BCUT2D eigenvalue weighted by atomic mass is 79.9. The molecule has 152 valence electrons. The minimum atomic E-state index is -0.711. The van der Waals surface area contributed by atoms with Crippen molar-refractivity contribution in [1.82, 2.24) is 4.90 Å². The number of carbonyl (C=O) groups excluding carboxylic acids is 2. The number of nitrogens with zero attached hydrogens (tertiary/aromatic N) is 1. The van der Waals surface area contributed by atoms with E-state index in [1.165, 1.54) is 12.0 Å². The molecule has 1 saturated heterocycles. The molecule has 3 rings (SSSR count). The summed E-state index contributed by atoms with van der Waals surface area (Å²) in [4.78, 5) is 27.0. The third-order valence-corrected chi connectivity index (χ3v) is 5.17. The predicted octanol–water partition coefficient (Wildman–Crippen LogP) is 3.92.